The third-order valence-electron chi connectivity index (χ3n) is 7.11. The van der Waals surface area contributed by atoms with E-state index in [2.05, 4.69) is 6.92 Å². The smallest absolute Gasteiger partial charge is 0.194 e. The van der Waals surface area contributed by atoms with E-state index in [1.807, 2.05) is 6.08 Å². The molecule has 0 bridgehead atoms. The predicted octanol–water partition coefficient (Wildman–Crippen LogP) is 8.07. The van der Waals surface area contributed by atoms with Gasteiger partial charge in [0.1, 0.15) is 11.6 Å². The lowest BCUT2D eigenvalue weighted by Crippen LogP contribution is -2.15. The average molecular weight is 434 g/mol. The number of hydrogen-bond acceptors (Lipinski definition) is 0. The second kappa shape index (κ2) is 9.13. The zero-order valence-electron chi connectivity index (χ0n) is 17.7. The Morgan fingerprint density at radius 1 is 0.806 bits per heavy atom. The van der Waals surface area contributed by atoms with Gasteiger partial charge in [-0.15, -0.1) is 0 Å². The van der Waals surface area contributed by atoms with E-state index in [0.717, 1.165) is 24.7 Å². The molecule has 0 spiro atoms. The standard InChI is InChI=1S/C26H27F5/c1-2-15-3-5-16(6-4-15)7-8-17-9-10-20-18(11-17)12-21(27)24(25(20)30)19-13-22(28)26(31)23(29)14-19/h9,12-16H,2-8,10-11H2,1H3. The van der Waals surface area contributed by atoms with E-state index in [-0.39, 0.29) is 5.56 Å². The highest BCUT2D eigenvalue weighted by Crippen LogP contribution is 2.37. The van der Waals surface area contributed by atoms with Crippen LogP contribution < -0.4 is 0 Å². The fourth-order valence-electron chi connectivity index (χ4n) is 5.12. The predicted molar refractivity (Wildman–Crippen MR) is 112 cm³/mol. The van der Waals surface area contributed by atoms with E-state index in [1.165, 1.54) is 43.7 Å². The monoisotopic (exact) mass is 434 g/mol. The Balaban J connectivity index is 1.50. The van der Waals surface area contributed by atoms with Crippen LogP contribution in [0.15, 0.2) is 29.8 Å². The molecule has 0 amide bonds. The highest BCUT2D eigenvalue weighted by Gasteiger charge is 2.25. The van der Waals surface area contributed by atoms with Crippen molar-refractivity contribution in [2.75, 3.05) is 0 Å². The quantitative estimate of drug-likeness (QED) is 0.254. The first-order chi connectivity index (χ1) is 14.9. The molecule has 0 nitrogen and oxygen atoms in total. The average Bonchev–Trinajstić information content (AvgIpc) is 2.76. The van der Waals surface area contributed by atoms with Gasteiger partial charge in [-0.05, 0) is 72.4 Å². The van der Waals surface area contributed by atoms with Crippen LogP contribution in [-0.4, -0.2) is 0 Å². The van der Waals surface area contributed by atoms with Crippen molar-refractivity contribution >= 4 is 0 Å². The normalized spacial score (nSPS) is 21.0. The van der Waals surface area contributed by atoms with Crippen LogP contribution in [0, 0.1) is 40.9 Å². The molecule has 0 heterocycles. The van der Waals surface area contributed by atoms with Gasteiger partial charge in [0.25, 0.3) is 0 Å². The first-order valence-corrected chi connectivity index (χ1v) is 11.2. The van der Waals surface area contributed by atoms with Crippen molar-refractivity contribution in [3.63, 3.8) is 0 Å². The van der Waals surface area contributed by atoms with Crippen LogP contribution in [0.3, 0.4) is 0 Å². The molecule has 166 valence electrons. The molecule has 0 aromatic heterocycles. The highest BCUT2D eigenvalue weighted by atomic mass is 19.2. The Hall–Kier alpha value is -2.17. The fourth-order valence-corrected chi connectivity index (χ4v) is 5.12. The Morgan fingerprint density at radius 3 is 2.10 bits per heavy atom. The van der Waals surface area contributed by atoms with E-state index in [0.29, 0.717) is 36.1 Å². The van der Waals surface area contributed by atoms with Crippen molar-refractivity contribution in [3.05, 3.63) is 70.1 Å². The van der Waals surface area contributed by atoms with E-state index in [1.54, 1.807) is 0 Å². The summed E-state index contributed by atoms with van der Waals surface area (Å²) in [5, 5.41) is 0. The van der Waals surface area contributed by atoms with Gasteiger partial charge < -0.3 is 0 Å². The molecule has 4 rings (SSSR count). The molecule has 0 aliphatic heterocycles. The molecule has 2 aromatic rings. The molecule has 0 saturated heterocycles. The molecule has 2 aromatic carbocycles. The summed E-state index contributed by atoms with van der Waals surface area (Å²) in [6.07, 6.45) is 11.2. The van der Waals surface area contributed by atoms with Crippen LogP contribution in [0.1, 0.15) is 63.0 Å². The summed E-state index contributed by atoms with van der Waals surface area (Å²) in [6.45, 7) is 2.25. The molecule has 0 radical (unpaired) electrons. The van der Waals surface area contributed by atoms with Crippen LogP contribution >= 0.6 is 0 Å². The molecular weight excluding hydrogens is 407 g/mol. The van der Waals surface area contributed by atoms with Crippen molar-refractivity contribution in [3.8, 4) is 11.1 Å². The maximum atomic E-state index is 15.1. The third kappa shape index (κ3) is 4.56. The summed E-state index contributed by atoms with van der Waals surface area (Å²) >= 11 is 0. The summed E-state index contributed by atoms with van der Waals surface area (Å²) in [7, 11) is 0. The zero-order valence-corrected chi connectivity index (χ0v) is 17.7. The van der Waals surface area contributed by atoms with Gasteiger partial charge in [0, 0.05) is 0 Å². The fraction of sp³-hybridized carbons (Fsp3) is 0.462. The van der Waals surface area contributed by atoms with Crippen molar-refractivity contribution in [1.82, 2.24) is 0 Å². The SMILES string of the molecule is CCC1CCC(CCC2=CCc3c(cc(F)c(-c4cc(F)c(F)c(F)c4)c3F)C2)CC1. The summed E-state index contributed by atoms with van der Waals surface area (Å²) in [5.41, 5.74) is 1.26. The molecule has 31 heavy (non-hydrogen) atoms. The largest absolute Gasteiger partial charge is 0.206 e. The maximum absolute atomic E-state index is 15.1. The van der Waals surface area contributed by atoms with Gasteiger partial charge in [-0.25, -0.2) is 22.0 Å². The Bertz CT molecular complexity index is 976. The molecule has 1 saturated carbocycles. The number of hydrogen-bond donors (Lipinski definition) is 0. The summed E-state index contributed by atoms with van der Waals surface area (Å²) < 4.78 is 70.3. The molecule has 2 aliphatic carbocycles. The minimum Gasteiger partial charge on any atom is -0.206 e. The van der Waals surface area contributed by atoms with Gasteiger partial charge in [-0.1, -0.05) is 50.7 Å². The second-order valence-electron chi connectivity index (χ2n) is 9.02. The first kappa shape index (κ1) is 22.0. The molecule has 0 unspecified atom stereocenters. The van der Waals surface area contributed by atoms with E-state index < -0.39 is 34.6 Å². The lowest BCUT2D eigenvalue weighted by Gasteiger charge is -2.28. The van der Waals surface area contributed by atoms with E-state index in [9.17, 15) is 17.6 Å². The molecule has 5 heteroatoms. The maximum Gasteiger partial charge on any atom is 0.194 e. The third-order valence-corrected chi connectivity index (χ3v) is 7.11. The van der Waals surface area contributed by atoms with Crippen LogP contribution in [0.5, 0.6) is 0 Å². The highest BCUT2D eigenvalue weighted by molar-refractivity contribution is 5.67. The number of rotatable bonds is 5. The van der Waals surface area contributed by atoms with Crippen molar-refractivity contribution < 1.29 is 22.0 Å². The minimum absolute atomic E-state index is 0.318. The first-order valence-electron chi connectivity index (χ1n) is 11.2. The molecule has 1 fully saturated rings. The van der Waals surface area contributed by atoms with E-state index in [4.69, 9.17) is 0 Å². The van der Waals surface area contributed by atoms with Gasteiger partial charge in [-0.2, -0.15) is 0 Å². The lowest BCUT2D eigenvalue weighted by atomic mass is 9.78. The summed E-state index contributed by atoms with van der Waals surface area (Å²) in [4.78, 5) is 0. The molecule has 2 aliphatic rings. The number of halogens is 5. The number of fused-ring (bicyclic) bond motifs is 1. The molecular formula is C26H27F5. The Morgan fingerprint density at radius 2 is 1.45 bits per heavy atom. The van der Waals surface area contributed by atoms with Crippen molar-refractivity contribution in [2.24, 2.45) is 11.8 Å². The lowest BCUT2D eigenvalue weighted by molar-refractivity contribution is 0.258. The minimum atomic E-state index is -1.65. The molecule has 0 atom stereocenters. The van der Waals surface area contributed by atoms with Gasteiger partial charge >= 0.3 is 0 Å². The van der Waals surface area contributed by atoms with Gasteiger partial charge in [-0.3, -0.25) is 0 Å². The van der Waals surface area contributed by atoms with Gasteiger partial charge in [0.2, 0.25) is 0 Å². The zero-order chi connectivity index (χ0) is 22.1. The van der Waals surface area contributed by atoms with Crippen LogP contribution in [0.2, 0.25) is 0 Å². The topological polar surface area (TPSA) is 0 Å². The number of benzene rings is 2. The summed E-state index contributed by atoms with van der Waals surface area (Å²) in [6, 6.07) is 2.51. The molecule has 0 N–H and O–H groups in total. The van der Waals surface area contributed by atoms with Crippen LogP contribution in [0.25, 0.3) is 11.1 Å². The Kier molecular flexibility index (Phi) is 6.49. The van der Waals surface area contributed by atoms with Crippen LogP contribution in [-0.2, 0) is 12.8 Å². The summed E-state index contributed by atoms with van der Waals surface area (Å²) in [5.74, 6) is -4.72. The second-order valence-corrected chi connectivity index (χ2v) is 9.02. The Labute approximate surface area is 180 Å². The van der Waals surface area contributed by atoms with Gasteiger partial charge in [0.05, 0.1) is 5.56 Å². The van der Waals surface area contributed by atoms with Crippen LogP contribution in [0.4, 0.5) is 22.0 Å². The van der Waals surface area contributed by atoms with E-state index >= 15 is 4.39 Å². The van der Waals surface area contributed by atoms with Crippen molar-refractivity contribution in [1.29, 1.82) is 0 Å². The van der Waals surface area contributed by atoms with Gasteiger partial charge in [0.15, 0.2) is 17.5 Å². The van der Waals surface area contributed by atoms with Crippen molar-refractivity contribution in [2.45, 2.75) is 64.7 Å². The number of allylic oxidation sites excluding steroid dienone is 2.